The van der Waals surface area contributed by atoms with Crippen molar-refractivity contribution >= 4 is 11.8 Å². The molecule has 0 fully saturated rings. The zero-order valence-corrected chi connectivity index (χ0v) is 11.3. The minimum atomic E-state index is -2.90. The van der Waals surface area contributed by atoms with E-state index in [4.69, 9.17) is 5.11 Å². The summed E-state index contributed by atoms with van der Waals surface area (Å²) in [5, 5.41) is 9.17. The smallest absolute Gasteiger partial charge is 0.412 e. The second kappa shape index (κ2) is 5.86. The van der Waals surface area contributed by atoms with E-state index in [1.165, 1.54) is 17.0 Å². The molecule has 0 aromatic heterocycles. The molecule has 1 aromatic rings. The Labute approximate surface area is 110 Å². The van der Waals surface area contributed by atoms with Crippen molar-refractivity contribution in [2.45, 2.75) is 40.3 Å². The van der Waals surface area contributed by atoms with Crippen LogP contribution in [0.25, 0.3) is 0 Å². The highest BCUT2D eigenvalue weighted by molar-refractivity contribution is 5.87. The molecule has 0 bridgehead atoms. The molecule has 0 saturated heterocycles. The molecule has 0 unspecified atom stereocenters. The quantitative estimate of drug-likeness (QED) is 0.907. The van der Waals surface area contributed by atoms with Crippen molar-refractivity contribution in [3.05, 3.63) is 23.3 Å². The maximum atomic E-state index is 12.3. The number of carboxylic acid groups (broad SMARTS) is 1. The fraction of sp³-hybridized carbons (Fsp3) is 0.462. The summed E-state index contributed by atoms with van der Waals surface area (Å²) in [5.41, 5.74) is 1.39. The number of aryl methyl sites for hydroxylation is 2. The van der Waals surface area contributed by atoms with Crippen LogP contribution in [0.4, 0.5) is 19.3 Å². The van der Waals surface area contributed by atoms with E-state index in [-0.39, 0.29) is 11.8 Å². The number of rotatable bonds is 4. The zero-order chi connectivity index (χ0) is 14.7. The van der Waals surface area contributed by atoms with Gasteiger partial charge in [-0.1, -0.05) is 0 Å². The number of nitrogens with zero attached hydrogens (tertiary/aromatic N) is 1. The van der Waals surface area contributed by atoms with Crippen molar-refractivity contribution in [2.75, 3.05) is 4.90 Å². The number of amides is 1. The van der Waals surface area contributed by atoms with Crippen LogP contribution in [0.3, 0.4) is 0 Å². The molecular weight excluding hydrogens is 256 g/mol. The van der Waals surface area contributed by atoms with Gasteiger partial charge in [0.05, 0.1) is 0 Å². The molecule has 0 atom stereocenters. The molecule has 1 N–H and O–H groups in total. The predicted octanol–water partition coefficient (Wildman–Crippen LogP) is 3.80. The van der Waals surface area contributed by atoms with Gasteiger partial charge in [-0.15, -0.1) is 0 Å². The first-order valence-corrected chi connectivity index (χ1v) is 5.82. The maximum Gasteiger partial charge on any atom is 0.412 e. The highest BCUT2D eigenvalue weighted by Crippen LogP contribution is 2.31. The molecule has 0 aliphatic rings. The van der Waals surface area contributed by atoms with Gasteiger partial charge >= 0.3 is 12.7 Å². The molecule has 0 aliphatic heterocycles. The Morgan fingerprint density at radius 1 is 1.26 bits per heavy atom. The number of benzene rings is 1. The standard InChI is InChI=1S/C13H17F2NO3/c1-7(2)16(13(17)18)10-5-8(3)11(9(4)6-10)19-12(14)15/h5-7,12H,1-4H3,(H,17,18). The first-order valence-electron chi connectivity index (χ1n) is 5.82. The lowest BCUT2D eigenvalue weighted by molar-refractivity contribution is -0.0507. The fourth-order valence-electron chi connectivity index (χ4n) is 1.97. The third-order valence-corrected chi connectivity index (χ3v) is 2.65. The Balaban J connectivity index is 3.23. The number of carbonyl (C=O) groups is 1. The number of anilines is 1. The van der Waals surface area contributed by atoms with Crippen LogP contribution >= 0.6 is 0 Å². The lowest BCUT2D eigenvalue weighted by atomic mass is 10.1. The van der Waals surface area contributed by atoms with E-state index in [0.29, 0.717) is 16.8 Å². The van der Waals surface area contributed by atoms with Crippen molar-refractivity contribution in [2.24, 2.45) is 0 Å². The highest BCUT2D eigenvalue weighted by Gasteiger charge is 2.20. The van der Waals surface area contributed by atoms with Crippen molar-refractivity contribution in [1.29, 1.82) is 0 Å². The first-order chi connectivity index (χ1) is 8.73. The molecule has 106 valence electrons. The van der Waals surface area contributed by atoms with Gasteiger partial charge in [0.25, 0.3) is 0 Å². The largest absolute Gasteiger partial charge is 0.465 e. The Morgan fingerprint density at radius 3 is 2.05 bits per heavy atom. The molecule has 19 heavy (non-hydrogen) atoms. The minimum Gasteiger partial charge on any atom is -0.465 e. The normalized spacial score (nSPS) is 10.9. The Bertz CT molecular complexity index is 452. The molecule has 1 aromatic carbocycles. The van der Waals surface area contributed by atoms with E-state index < -0.39 is 12.7 Å². The summed E-state index contributed by atoms with van der Waals surface area (Å²) in [6.07, 6.45) is -1.09. The number of halogens is 2. The second-order valence-corrected chi connectivity index (χ2v) is 4.53. The van der Waals surface area contributed by atoms with Gasteiger partial charge in [-0.05, 0) is 51.0 Å². The molecule has 1 amide bonds. The van der Waals surface area contributed by atoms with Crippen LogP contribution in [0.15, 0.2) is 12.1 Å². The summed E-state index contributed by atoms with van der Waals surface area (Å²) >= 11 is 0. The Morgan fingerprint density at radius 2 is 1.74 bits per heavy atom. The van der Waals surface area contributed by atoms with Crippen LogP contribution in [-0.2, 0) is 0 Å². The van der Waals surface area contributed by atoms with Gasteiger partial charge in [0.2, 0.25) is 0 Å². The number of ether oxygens (including phenoxy) is 1. The van der Waals surface area contributed by atoms with Crippen molar-refractivity contribution in [1.82, 2.24) is 0 Å². The molecule has 0 spiro atoms. The molecular formula is C13H17F2NO3. The van der Waals surface area contributed by atoms with Gasteiger partial charge in [-0.2, -0.15) is 8.78 Å². The second-order valence-electron chi connectivity index (χ2n) is 4.53. The van der Waals surface area contributed by atoms with E-state index in [1.807, 2.05) is 0 Å². The van der Waals surface area contributed by atoms with Gasteiger partial charge < -0.3 is 9.84 Å². The van der Waals surface area contributed by atoms with Gasteiger partial charge in [-0.3, -0.25) is 4.90 Å². The van der Waals surface area contributed by atoms with E-state index >= 15 is 0 Å². The predicted molar refractivity (Wildman–Crippen MR) is 68.2 cm³/mol. The van der Waals surface area contributed by atoms with E-state index in [2.05, 4.69) is 4.74 Å². The lowest BCUT2D eigenvalue weighted by Crippen LogP contribution is -2.35. The van der Waals surface area contributed by atoms with E-state index in [1.54, 1.807) is 27.7 Å². The minimum absolute atomic E-state index is 0.0906. The Kier molecular flexibility index (Phi) is 4.69. The lowest BCUT2D eigenvalue weighted by Gasteiger charge is -2.25. The van der Waals surface area contributed by atoms with E-state index in [0.717, 1.165) is 0 Å². The third kappa shape index (κ3) is 3.56. The summed E-state index contributed by atoms with van der Waals surface area (Å²) < 4.78 is 29.0. The fourth-order valence-corrected chi connectivity index (χ4v) is 1.97. The van der Waals surface area contributed by atoms with Gasteiger partial charge in [0, 0.05) is 11.7 Å². The van der Waals surface area contributed by atoms with Crippen LogP contribution in [0.2, 0.25) is 0 Å². The summed E-state index contributed by atoms with van der Waals surface area (Å²) in [7, 11) is 0. The van der Waals surface area contributed by atoms with Gasteiger partial charge in [0.1, 0.15) is 5.75 Å². The van der Waals surface area contributed by atoms with Gasteiger partial charge in [-0.25, -0.2) is 4.79 Å². The number of hydrogen-bond donors (Lipinski definition) is 1. The highest BCUT2D eigenvalue weighted by atomic mass is 19.3. The average molecular weight is 273 g/mol. The summed E-state index contributed by atoms with van der Waals surface area (Å²) in [6, 6.07) is 2.80. The van der Waals surface area contributed by atoms with Crippen molar-refractivity contribution in [3.63, 3.8) is 0 Å². The summed E-state index contributed by atoms with van der Waals surface area (Å²) in [6.45, 7) is 3.79. The van der Waals surface area contributed by atoms with Crippen LogP contribution < -0.4 is 9.64 Å². The molecule has 6 heteroatoms. The summed E-state index contributed by atoms with van der Waals surface area (Å²) in [4.78, 5) is 12.4. The maximum absolute atomic E-state index is 12.3. The van der Waals surface area contributed by atoms with Crippen molar-refractivity contribution in [3.8, 4) is 5.75 Å². The van der Waals surface area contributed by atoms with Crippen LogP contribution in [0.5, 0.6) is 5.75 Å². The monoisotopic (exact) mass is 273 g/mol. The number of hydrogen-bond acceptors (Lipinski definition) is 2. The molecule has 1 rings (SSSR count). The topological polar surface area (TPSA) is 49.8 Å². The molecule has 0 radical (unpaired) electrons. The van der Waals surface area contributed by atoms with Crippen LogP contribution in [0.1, 0.15) is 25.0 Å². The van der Waals surface area contributed by atoms with Gasteiger partial charge in [0.15, 0.2) is 0 Å². The SMILES string of the molecule is Cc1cc(N(C(=O)O)C(C)C)cc(C)c1OC(F)F. The van der Waals surface area contributed by atoms with Crippen LogP contribution in [-0.4, -0.2) is 23.9 Å². The third-order valence-electron chi connectivity index (χ3n) is 2.65. The molecule has 0 saturated carbocycles. The first kappa shape index (κ1) is 15.2. The molecule has 0 aliphatic carbocycles. The van der Waals surface area contributed by atoms with Crippen LogP contribution in [0, 0.1) is 13.8 Å². The zero-order valence-electron chi connectivity index (χ0n) is 11.3. The number of alkyl halides is 2. The van der Waals surface area contributed by atoms with Crippen molar-refractivity contribution < 1.29 is 23.4 Å². The average Bonchev–Trinajstić information content (AvgIpc) is 2.22. The Hall–Kier alpha value is -1.85. The van der Waals surface area contributed by atoms with E-state index in [9.17, 15) is 13.6 Å². The molecule has 4 nitrogen and oxygen atoms in total. The summed E-state index contributed by atoms with van der Waals surface area (Å²) in [5.74, 6) is 0.0906. The molecule has 0 heterocycles.